The van der Waals surface area contributed by atoms with Crippen LogP contribution in [-0.4, -0.2) is 28.0 Å². The first-order chi connectivity index (χ1) is 14.2. The number of nitro groups is 1. The van der Waals surface area contributed by atoms with E-state index in [2.05, 4.69) is 15.3 Å². The van der Waals surface area contributed by atoms with Gasteiger partial charge in [0.05, 0.1) is 40.5 Å². The summed E-state index contributed by atoms with van der Waals surface area (Å²) in [5.74, 6) is -0.507. The first-order valence-electron chi connectivity index (χ1n) is 8.31. The van der Waals surface area contributed by atoms with E-state index in [1.165, 1.54) is 11.0 Å². The highest BCUT2D eigenvalue weighted by atomic mass is 35.5. The summed E-state index contributed by atoms with van der Waals surface area (Å²) in [6.45, 7) is 0.128. The number of nitrogens with zero attached hydrogens (tertiary/aromatic N) is 6. The Morgan fingerprint density at radius 1 is 1.20 bits per heavy atom. The lowest BCUT2D eigenvalue weighted by Crippen LogP contribution is -2.27. The van der Waals surface area contributed by atoms with Crippen LogP contribution in [-0.2, 0) is 6.18 Å². The third-order valence-corrected chi connectivity index (χ3v) is 4.14. The van der Waals surface area contributed by atoms with Gasteiger partial charge in [-0.05, 0) is 18.2 Å². The van der Waals surface area contributed by atoms with Gasteiger partial charge in [-0.1, -0.05) is 11.6 Å². The predicted octanol–water partition coefficient (Wildman–Crippen LogP) is 4.43. The molecule has 0 unspecified atom stereocenters. The lowest BCUT2D eigenvalue weighted by Gasteiger charge is -2.21. The fourth-order valence-electron chi connectivity index (χ4n) is 2.51. The Labute approximate surface area is 173 Å². The average molecular weight is 440 g/mol. The molecule has 0 aliphatic carbocycles. The van der Waals surface area contributed by atoms with Gasteiger partial charge >= 0.3 is 11.9 Å². The van der Waals surface area contributed by atoms with E-state index >= 15 is 0 Å². The largest absolute Gasteiger partial charge is 0.417 e. The Hall–Kier alpha value is -3.64. The van der Waals surface area contributed by atoms with Crippen LogP contribution < -0.4 is 10.2 Å². The molecule has 0 bridgehead atoms. The summed E-state index contributed by atoms with van der Waals surface area (Å²) in [7, 11) is 0. The Morgan fingerprint density at radius 3 is 2.37 bits per heavy atom. The van der Waals surface area contributed by atoms with E-state index in [9.17, 15) is 23.3 Å². The minimum atomic E-state index is -4.72. The van der Waals surface area contributed by atoms with E-state index in [1.807, 2.05) is 12.1 Å². The third kappa shape index (κ3) is 5.46. The Balaban J connectivity index is 2.50. The van der Waals surface area contributed by atoms with Crippen molar-refractivity contribution in [2.75, 3.05) is 23.3 Å². The summed E-state index contributed by atoms with van der Waals surface area (Å²) in [5.41, 5.74) is -1.84. The Bertz CT molecular complexity index is 1000. The van der Waals surface area contributed by atoms with Gasteiger partial charge in [-0.2, -0.15) is 23.7 Å². The Morgan fingerprint density at radius 2 is 1.83 bits per heavy atom. The van der Waals surface area contributed by atoms with Crippen LogP contribution in [0.5, 0.6) is 0 Å². The van der Waals surface area contributed by atoms with E-state index in [-0.39, 0.29) is 43.3 Å². The highest BCUT2D eigenvalue weighted by molar-refractivity contribution is 6.31. The zero-order valence-corrected chi connectivity index (χ0v) is 15.9. The van der Waals surface area contributed by atoms with Gasteiger partial charge in [0.1, 0.15) is 6.33 Å². The minimum absolute atomic E-state index is 0.0154. The topological polar surface area (TPSA) is 132 Å². The molecule has 0 fully saturated rings. The molecule has 2 rings (SSSR count). The van der Waals surface area contributed by atoms with Crippen molar-refractivity contribution < 1.29 is 18.1 Å². The lowest BCUT2D eigenvalue weighted by molar-refractivity contribution is -0.383. The first kappa shape index (κ1) is 22.6. The third-order valence-electron chi connectivity index (χ3n) is 3.81. The zero-order valence-electron chi connectivity index (χ0n) is 15.1. The Kier molecular flexibility index (Phi) is 7.33. The van der Waals surface area contributed by atoms with Gasteiger partial charge in [0, 0.05) is 18.8 Å². The molecule has 156 valence electrons. The zero-order chi connectivity index (χ0) is 22.3. The molecule has 1 N–H and O–H groups in total. The summed E-state index contributed by atoms with van der Waals surface area (Å²) in [6, 6.07) is 6.73. The lowest BCUT2D eigenvalue weighted by atomic mass is 10.2. The number of anilines is 3. The number of hydrogen-bond donors (Lipinski definition) is 1. The van der Waals surface area contributed by atoms with Crippen LogP contribution in [0.4, 0.5) is 36.2 Å². The van der Waals surface area contributed by atoms with E-state index in [0.29, 0.717) is 6.07 Å². The number of aromatic nitrogens is 2. The molecule has 30 heavy (non-hydrogen) atoms. The van der Waals surface area contributed by atoms with Gasteiger partial charge in [-0.25, -0.2) is 9.97 Å². The van der Waals surface area contributed by atoms with E-state index in [4.69, 9.17) is 22.1 Å². The quantitative estimate of drug-likeness (QED) is 0.471. The molecule has 0 amide bonds. The molecule has 0 saturated heterocycles. The summed E-state index contributed by atoms with van der Waals surface area (Å²) >= 11 is 5.59. The summed E-state index contributed by atoms with van der Waals surface area (Å²) in [6.07, 6.45) is -3.69. The van der Waals surface area contributed by atoms with Gasteiger partial charge in [0.2, 0.25) is 11.6 Å². The van der Waals surface area contributed by atoms with Gasteiger partial charge in [-0.3, -0.25) is 10.1 Å². The molecule has 9 nitrogen and oxygen atoms in total. The van der Waals surface area contributed by atoms with Crippen LogP contribution >= 0.6 is 11.6 Å². The normalized spacial score (nSPS) is 10.7. The van der Waals surface area contributed by atoms with Gasteiger partial charge in [-0.15, -0.1) is 0 Å². The highest BCUT2D eigenvalue weighted by Gasteiger charge is 2.34. The molecule has 1 aromatic carbocycles. The predicted molar refractivity (Wildman–Crippen MR) is 101 cm³/mol. The molecule has 1 aromatic heterocycles. The molecule has 13 heteroatoms. The summed E-state index contributed by atoms with van der Waals surface area (Å²) < 4.78 is 39.2. The van der Waals surface area contributed by atoms with Crippen molar-refractivity contribution in [2.45, 2.75) is 19.0 Å². The maximum Gasteiger partial charge on any atom is 0.417 e. The van der Waals surface area contributed by atoms with Gasteiger partial charge < -0.3 is 10.2 Å². The van der Waals surface area contributed by atoms with Crippen LogP contribution in [0.2, 0.25) is 5.02 Å². The molecular formula is C17H13ClF3N7O2. The van der Waals surface area contributed by atoms with Crippen molar-refractivity contribution in [3.05, 3.63) is 45.2 Å². The number of hydrogen-bond acceptors (Lipinski definition) is 8. The second-order valence-corrected chi connectivity index (χ2v) is 6.18. The monoisotopic (exact) mass is 439 g/mol. The van der Waals surface area contributed by atoms with Crippen molar-refractivity contribution in [1.82, 2.24) is 9.97 Å². The average Bonchev–Trinajstić information content (AvgIpc) is 2.68. The van der Waals surface area contributed by atoms with Crippen LogP contribution in [0.1, 0.15) is 18.4 Å². The number of halogens is 4. The van der Waals surface area contributed by atoms with E-state index < -0.39 is 27.4 Å². The van der Waals surface area contributed by atoms with Crippen LogP contribution in [0.25, 0.3) is 0 Å². The smallest absolute Gasteiger partial charge is 0.349 e. The molecule has 0 aliphatic rings. The van der Waals surface area contributed by atoms with Gasteiger partial charge in [0.15, 0.2) is 0 Å². The fourth-order valence-corrected chi connectivity index (χ4v) is 2.74. The van der Waals surface area contributed by atoms with Crippen molar-refractivity contribution >= 4 is 34.6 Å². The highest BCUT2D eigenvalue weighted by Crippen LogP contribution is 2.38. The number of benzene rings is 1. The molecule has 0 radical (unpaired) electrons. The summed E-state index contributed by atoms with van der Waals surface area (Å²) in [5, 5.41) is 31.3. The summed E-state index contributed by atoms with van der Waals surface area (Å²) in [4.78, 5) is 20.0. The number of nitrogens with one attached hydrogen (secondary N) is 1. The van der Waals surface area contributed by atoms with Crippen molar-refractivity contribution in [1.29, 1.82) is 10.5 Å². The number of nitriles is 2. The van der Waals surface area contributed by atoms with Crippen molar-refractivity contribution in [3.8, 4) is 12.1 Å². The number of rotatable bonds is 8. The molecule has 0 atom stereocenters. The standard InChI is InChI=1S/C17H13ClF3N7O2/c18-13-4-3-11(9-12(13)17(19,20)21)26-15-14(28(29)30)16(25-10-24-15)27(7-1-5-22)8-2-6-23/h3-4,9-10H,1-2,7-8H2,(H,24,25,26). The molecular weight excluding hydrogens is 427 g/mol. The van der Waals surface area contributed by atoms with E-state index in [1.54, 1.807) is 0 Å². The molecule has 2 aromatic rings. The van der Waals surface area contributed by atoms with E-state index in [0.717, 1.165) is 12.4 Å². The van der Waals surface area contributed by atoms with Crippen molar-refractivity contribution in [2.24, 2.45) is 0 Å². The molecule has 1 heterocycles. The van der Waals surface area contributed by atoms with Gasteiger partial charge in [0.25, 0.3) is 0 Å². The van der Waals surface area contributed by atoms with Crippen molar-refractivity contribution in [3.63, 3.8) is 0 Å². The van der Waals surface area contributed by atoms with Crippen LogP contribution in [0, 0.1) is 32.8 Å². The second kappa shape index (κ2) is 9.71. The fraction of sp³-hybridized carbons (Fsp3) is 0.294. The molecule has 0 saturated carbocycles. The SMILES string of the molecule is N#CCCN(CCC#N)c1ncnc(Nc2ccc(Cl)c(C(F)(F)F)c2)c1[N+](=O)[O-]. The van der Waals surface area contributed by atoms with Crippen LogP contribution in [0.3, 0.4) is 0 Å². The molecule has 0 aliphatic heterocycles. The minimum Gasteiger partial charge on any atom is -0.349 e. The first-order valence-corrected chi connectivity index (χ1v) is 8.68. The maximum absolute atomic E-state index is 13.1. The molecule has 0 spiro atoms. The second-order valence-electron chi connectivity index (χ2n) is 5.77. The maximum atomic E-state index is 13.1. The van der Waals surface area contributed by atoms with Crippen LogP contribution in [0.15, 0.2) is 24.5 Å². The number of alkyl halides is 3.